The number of thioether (sulfide) groups is 1. The summed E-state index contributed by atoms with van der Waals surface area (Å²) < 4.78 is 7.01. The highest BCUT2D eigenvalue weighted by Gasteiger charge is 2.26. The number of quaternary nitrogens is 1. The first kappa shape index (κ1) is 19.2. The number of rotatable bonds is 5. The van der Waals surface area contributed by atoms with Crippen molar-refractivity contribution in [1.29, 1.82) is 0 Å². The number of ether oxygens (including phenoxy) is 1. The summed E-state index contributed by atoms with van der Waals surface area (Å²) in [5, 5.41) is 1.51. The summed E-state index contributed by atoms with van der Waals surface area (Å²) in [7, 11) is 3.84. The second-order valence-electron chi connectivity index (χ2n) is 7.30. The number of nitrogens with one attached hydrogen (secondary N) is 1. The topological polar surface area (TPSA) is 48.6 Å². The van der Waals surface area contributed by atoms with Crippen LogP contribution in [-0.2, 0) is 13.0 Å². The highest BCUT2D eigenvalue weighted by atomic mass is 32.2. The predicted molar refractivity (Wildman–Crippen MR) is 116 cm³/mol. The molecule has 7 heteroatoms. The lowest BCUT2D eigenvalue weighted by molar-refractivity contribution is -0.895. The molecular weight excluding hydrogens is 390 g/mol. The monoisotopic (exact) mass is 414 g/mol. The Hall–Kier alpha value is -2.09. The Morgan fingerprint density at radius 1 is 1.39 bits per heavy atom. The van der Waals surface area contributed by atoms with Crippen LogP contribution < -0.4 is 15.2 Å². The Labute approximate surface area is 172 Å². The van der Waals surface area contributed by atoms with Crippen molar-refractivity contribution in [2.45, 2.75) is 25.0 Å². The van der Waals surface area contributed by atoms with E-state index in [9.17, 15) is 4.79 Å². The average Bonchev–Trinajstić information content (AvgIpc) is 3.04. The summed E-state index contributed by atoms with van der Waals surface area (Å²) >= 11 is 3.23. The zero-order valence-corrected chi connectivity index (χ0v) is 18.0. The van der Waals surface area contributed by atoms with Crippen molar-refractivity contribution in [2.24, 2.45) is 0 Å². The standard InChI is InChI=1S/C21H23N3O2S2/c1-13(2)12-27-21-22-19-18(16-9-10-23(3)11-17(16)28-19)20(25)24(21)14-5-7-15(26-4)8-6-14/h5-8H,1,9-12H2,2-4H3/p+1. The normalized spacial score (nSPS) is 16.2. The van der Waals surface area contributed by atoms with E-state index in [0.717, 1.165) is 52.5 Å². The molecule has 5 nitrogen and oxygen atoms in total. The van der Waals surface area contributed by atoms with Crippen LogP contribution in [0.25, 0.3) is 15.9 Å². The van der Waals surface area contributed by atoms with Gasteiger partial charge in [0.05, 0.1) is 36.7 Å². The van der Waals surface area contributed by atoms with E-state index in [4.69, 9.17) is 9.72 Å². The van der Waals surface area contributed by atoms with Crippen LogP contribution in [0.5, 0.6) is 5.75 Å². The summed E-state index contributed by atoms with van der Waals surface area (Å²) in [4.78, 5) is 22.2. The van der Waals surface area contributed by atoms with E-state index < -0.39 is 0 Å². The third-order valence-electron chi connectivity index (χ3n) is 4.92. The van der Waals surface area contributed by atoms with Crippen molar-refractivity contribution in [3.8, 4) is 11.4 Å². The molecule has 4 rings (SSSR count). The molecule has 1 aliphatic heterocycles. The summed E-state index contributed by atoms with van der Waals surface area (Å²) in [6.07, 6.45) is 0.930. The molecule has 0 radical (unpaired) electrons. The molecule has 1 aromatic carbocycles. The number of likely N-dealkylation sites (N-methyl/N-ethyl adjacent to an activating group) is 1. The zero-order chi connectivity index (χ0) is 19.8. The SMILES string of the molecule is C=C(C)CSc1nc2sc3c(c2c(=O)n1-c1ccc(OC)cc1)CC[NH+](C)C3. The summed E-state index contributed by atoms with van der Waals surface area (Å²) in [5.41, 5.74) is 3.08. The Morgan fingerprint density at radius 3 is 2.82 bits per heavy atom. The molecular formula is C21H24N3O2S2+. The molecule has 146 valence electrons. The molecule has 1 N–H and O–H groups in total. The molecule has 3 aromatic rings. The van der Waals surface area contributed by atoms with E-state index in [1.807, 2.05) is 31.2 Å². The fraction of sp³-hybridized carbons (Fsp3) is 0.333. The first-order chi connectivity index (χ1) is 13.5. The Balaban J connectivity index is 1.93. The van der Waals surface area contributed by atoms with E-state index in [2.05, 4.69) is 13.6 Å². The van der Waals surface area contributed by atoms with Crippen molar-refractivity contribution in [2.75, 3.05) is 26.5 Å². The lowest BCUT2D eigenvalue weighted by atomic mass is 10.1. The van der Waals surface area contributed by atoms with Crippen LogP contribution in [0.4, 0.5) is 0 Å². The van der Waals surface area contributed by atoms with Gasteiger partial charge in [0.1, 0.15) is 17.1 Å². The van der Waals surface area contributed by atoms with Gasteiger partial charge in [-0.05, 0) is 36.8 Å². The second kappa shape index (κ2) is 7.73. The highest BCUT2D eigenvalue weighted by molar-refractivity contribution is 7.99. The lowest BCUT2D eigenvalue weighted by Crippen LogP contribution is -3.08. The van der Waals surface area contributed by atoms with Gasteiger partial charge in [0.25, 0.3) is 5.56 Å². The third-order valence-corrected chi connectivity index (χ3v) is 7.22. The first-order valence-electron chi connectivity index (χ1n) is 9.28. The molecule has 1 unspecified atom stereocenters. The highest BCUT2D eigenvalue weighted by Crippen LogP contribution is 2.32. The van der Waals surface area contributed by atoms with Crippen LogP contribution >= 0.6 is 23.1 Å². The number of nitrogens with zero attached hydrogens (tertiary/aromatic N) is 2. The number of fused-ring (bicyclic) bond motifs is 3. The first-order valence-corrected chi connectivity index (χ1v) is 11.1. The van der Waals surface area contributed by atoms with Gasteiger partial charge < -0.3 is 9.64 Å². The summed E-state index contributed by atoms with van der Waals surface area (Å²) in [6.45, 7) is 7.99. The van der Waals surface area contributed by atoms with Gasteiger partial charge >= 0.3 is 0 Å². The van der Waals surface area contributed by atoms with E-state index >= 15 is 0 Å². The number of hydrogen-bond donors (Lipinski definition) is 1. The van der Waals surface area contributed by atoms with Gasteiger partial charge in [-0.25, -0.2) is 4.98 Å². The quantitative estimate of drug-likeness (QED) is 0.396. The van der Waals surface area contributed by atoms with E-state index in [1.165, 1.54) is 15.3 Å². The minimum Gasteiger partial charge on any atom is -0.497 e. The van der Waals surface area contributed by atoms with Crippen molar-refractivity contribution in [1.82, 2.24) is 9.55 Å². The minimum absolute atomic E-state index is 0.0245. The van der Waals surface area contributed by atoms with E-state index in [0.29, 0.717) is 5.16 Å². The number of hydrogen-bond acceptors (Lipinski definition) is 5. The molecule has 0 spiro atoms. The number of benzene rings is 1. The summed E-state index contributed by atoms with van der Waals surface area (Å²) in [6, 6.07) is 7.58. The van der Waals surface area contributed by atoms with Crippen LogP contribution in [-0.4, -0.2) is 36.0 Å². The second-order valence-corrected chi connectivity index (χ2v) is 9.32. The molecule has 0 bridgehead atoms. The molecule has 3 heterocycles. The van der Waals surface area contributed by atoms with Gasteiger partial charge in [-0.15, -0.1) is 11.3 Å². The number of aromatic nitrogens is 2. The Kier molecular flexibility index (Phi) is 5.31. The molecule has 2 aromatic heterocycles. The van der Waals surface area contributed by atoms with Crippen LogP contribution in [0.1, 0.15) is 17.4 Å². The van der Waals surface area contributed by atoms with Crippen LogP contribution in [0.15, 0.2) is 46.4 Å². The molecule has 0 saturated heterocycles. The molecule has 1 atom stereocenters. The smallest absolute Gasteiger partial charge is 0.267 e. The summed E-state index contributed by atoms with van der Waals surface area (Å²) in [5.74, 6) is 1.49. The van der Waals surface area contributed by atoms with Crippen molar-refractivity contribution < 1.29 is 9.64 Å². The largest absolute Gasteiger partial charge is 0.497 e. The van der Waals surface area contributed by atoms with Gasteiger partial charge in [0.15, 0.2) is 5.16 Å². The van der Waals surface area contributed by atoms with Gasteiger partial charge in [0, 0.05) is 12.2 Å². The fourth-order valence-electron chi connectivity index (χ4n) is 3.48. The number of methoxy groups -OCH3 is 1. The molecule has 0 saturated carbocycles. The van der Waals surface area contributed by atoms with Crippen LogP contribution in [0.2, 0.25) is 0 Å². The minimum atomic E-state index is 0.0245. The fourth-order valence-corrected chi connectivity index (χ4v) is 5.71. The van der Waals surface area contributed by atoms with Crippen LogP contribution in [0, 0.1) is 0 Å². The average molecular weight is 415 g/mol. The molecule has 0 amide bonds. The van der Waals surface area contributed by atoms with Gasteiger partial charge in [-0.1, -0.05) is 23.9 Å². The van der Waals surface area contributed by atoms with Gasteiger partial charge in [-0.3, -0.25) is 9.36 Å². The molecule has 0 fully saturated rings. The maximum absolute atomic E-state index is 13.6. The van der Waals surface area contributed by atoms with E-state index in [1.54, 1.807) is 34.8 Å². The van der Waals surface area contributed by atoms with Crippen molar-refractivity contribution in [3.05, 3.63) is 57.2 Å². The zero-order valence-electron chi connectivity index (χ0n) is 16.4. The maximum atomic E-state index is 13.6. The van der Waals surface area contributed by atoms with E-state index in [-0.39, 0.29) is 5.56 Å². The molecule has 1 aliphatic rings. The molecule has 0 aliphatic carbocycles. The van der Waals surface area contributed by atoms with Crippen molar-refractivity contribution >= 4 is 33.3 Å². The lowest BCUT2D eigenvalue weighted by Gasteiger charge is -2.19. The van der Waals surface area contributed by atoms with Gasteiger partial charge in [-0.2, -0.15) is 0 Å². The molecule has 28 heavy (non-hydrogen) atoms. The Bertz CT molecular complexity index is 1100. The van der Waals surface area contributed by atoms with Crippen LogP contribution in [0.3, 0.4) is 0 Å². The van der Waals surface area contributed by atoms with Crippen molar-refractivity contribution in [3.63, 3.8) is 0 Å². The Morgan fingerprint density at radius 2 is 2.14 bits per heavy atom. The predicted octanol–water partition coefficient (Wildman–Crippen LogP) is 2.69. The van der Waals surface area contributed by atoms with Gasteiger partial charge in [0.2, 0.25) is 0 Å². The third kappa shape index (κ3) is 3.50. The maximum Gasteiger partial charge on any atom is 0.267 e. The number of thiophene rings is 1.